The lowest BCUT2D eigenvalue weighted by molar-refractivity contribution is 0.948. The Bertz CT molecular complexity index is 649. The molecule has 0 fully saturated rings. The molecule has 2 aromatic heterocycles. The van der Waals surface area contributed by atoms with Crippen LogP contribution in [0.2, 0.25) is 0 Å². The van der Waals surface area contributed by atoms with Crippen LogP contribution in [-0.4, -0.2) is 19.5 Å². The van der Waals surface area contributed by atoms with E-state index in [2.05, 4.69) is 15.0 Å². The van der Waals surface area contributed by atoms with Gasteiger partial charge in [-0.1, -0.05) is 6.07 Å². The fourth-order valence-corrected chi connectivity index (χ4v) is 1.79. The Morgan fingerprint density at radius 1 is 1.31 bits per heavy atom. The second kappa shape index (κ2) is 3.10. The molecule has 0 aliphatic rings. The fraction of sp³-hybridized carbons (Fsp3) is 0.0909. The van der Waals surface area contributed by atoms with Gasteiger partial charge in [-0.25, -0.2) is 9.97 Å². The standard InChI is InChI=1S/C11H11N5/c1-16-6-14-8-4-7(2-3-10(8)16)9-5-13-11(12)15-9/h2-6H,1H3,(H3,12,13,15). The number of nitrogens with two attached hydrogens (primary N) is 1. The van der Waals surface area contributed by atoms with Gasteiger partial charge in [0.15, 0.2) is 5.95 Å². The molecular formula is C11H11N5. The first-order valence-electron chi connectivity index (χ1n) is 4.96. The molecule has 0 saturated carbocycles. The Morgan fingerprint density at radius 3 is 2.94 bits per heavy atom. The summed E-state index contributed by atoms with van der Waals surface area (Å²) in [7, 11) is 1.98. The zero-order valence-corrected chi connectivity index (χ0v) is 8.81. The Kier molecular flexibility index (Phi) is 1.73. The van der Waals surface area contributed by atoms with Crippen LogP contribution in [0.15, 0.2) is 30.7 Å². The van der Waals surface area contributed by atoms with Crippen LogP contribution >= 0.6 is 0 Å². The Labute approximate surface area is 91.9 Å². The number of aromatic amines is 1. The van der Waals surface area contributed by atoms with E-state index in [1.54, 1.807) is 12.5 Å². The minimum atomic E-state index is 0.427. The summed E-state index contributed by atoms with van der Waals surface area (Å²) >= 11 is 0. The maximum Gasteiger partial charge on any atom is 0.197 e. The number of benzene rings is 1. The second-order valence-electron chi connectivity index (χ2n) is 3.74. The minimum Gasteiger partial charge on any atom is -0.369 e. The number of hydrogen-bond donors (Lipinski definition) is 2. The molecule has 5 nitrogen and oxygen atoms in total. The van der Waals surface area contributed by atoms with Crippen LogP contribution in [0.4, 0.5) is 5.95 Å². The summed E-state index contributed by atoms with van der Waals surface area (Å²) in [6.07, 6.45) is 3.52. The molecule has 0 amide bonds. The molecule has 0 aliphatic carbocycles. The zero-order chi connectivity index (χ0) is 11.1. The summed E-state index contributed by atoms with van der Waals surface area (Å²) in [5, 5.41) is 0. The lowest BCUT2D eigenvalue weighted by Crippen LogP contribution is -1.86. The van der Waals surface area contributed by atoms with E-state index in [9.17, 15) is 0 Å². The van der Waals surface area contributed by atoms with Crippen molar-refractivity contribution in [3.63, 3.8) is 0 Å². The van der Waals surface area contributed by atoms with Crippen molar-refractivity contribution in [2.45, 2.75) is 0 Å². The van der Waals surface area contributed by atoms with E-state index in [1.807, 2.05) is 29.8 Å². The van der Waals surface area contributed by atoms with Crippen molar-refractivity contribution >= 4 is 17.0 Å². The number of aromatic nitrogens is 4. The van der Waals surface area contributed by atoms with Gasteiger partial charge in [-0.3, -0.25) is 0 Å². The molecular weight excluding hydrogens is 202 g/mol. The molecule has 0 saturated heterocycles. The summed E-state index contributed by atoms with van der Waals surface area (Å²) in [5.74, 6) is 0.427. The summed E-state index contributed by atoms with van der Waals surface area (Å²) in [6.45, 7) is 0. The van der Waals surface area contributed by atoms with Crippen LogP contribution in [0, 0.1) is 0 Å². The van der Waals surface area contributed by atoms with Gasteiger partial charge in [-0.05, 0) is 12.1 Å². The predicted octanol–water partition coefficient (Wildman–Crippen LogP) is 1.55. The highest BCUT2D eigenvalue weighted by Crippen LogP contribution is 2.22. The Hall–Kier alpha value is -2.30. The van der Waals surface area contributed by atoms with E-state index in [0.717, 1.165) is 22.3 Å². The van der Waals surface area contributed by atoms with Crippen molar-refractivity contribution < 1.29 is 0 Å². The highest BCUT2D eigenvalue weighted by molar-refractivity contribution is 5.81. The van der Waals surface area contributed by atoms with Crippen molar-refractivity contribution in [3.05, 3.63) is 30.7 Å². The second-order valence-corrected chi connectivity index (χ2v) is 3.74. The number of anilines is 1. The molecule has 3 N–H and O–H groups in total. The van der Waals surface area contributed by atoms with E-state index in [0.29, 0.717) is 5.95 Å². The van der Waals surface area contributed by atoms with Crippen LogP contribution in [0.25, 0.3) is 22.3 Å². The third kappa shape index (κ3) is 1.25. The number of aryl methyl sites for hydroxylation is 1. The maximum absolute atomic E-state index is 5.55. The average Bonchev–Trinajstić information content (AvgIpc) is 2.86. The number of imidazole rings is 2. The van der Waals surface area contributed by atoms with Crippen molar-refractivity contribution in [3.8, 4) is 11.3 Å². The molecule has 3 aromatic rings. The van der Waals surface area contributed by atoms with Crippen molar-refractivity contribution in [1.82, 2.24) is 19.5 Å². The van der Waals surface area contributed by atoms with E-state index in [1.165, 1.54) is 0 Å². The molecule has 80 valence electrons. The molecule has 0 radical (unpaired) electrons. The van der Waals surface area contributed by atoms with Gasteiger partial charge in [-0.15, -0.1) is 0 Å². The van der Waals surface area contributed by atoms with Crippen molar-refractivity contribution in [2.75, 3.05) is 5.73 Å². The topological polar surface area (TPSA) is 72.5 Å². The number of fused-ring (bicyclic) bond motifs is 1. The van der Waals surface area contributed by atoms with Gasteiger partial charge in [0.2, 0.25) is 0 Å². The molecule has 16 heavy (non-hydrogen) atoms. The van der Waals surface area contributed by atoms with Crippen molar-refractivity contribution in [2.24, 2.45) is 7.05 Å². The number of hydrogen-bond acceptors (Lipinski definition) is 3. The van der Waals surface area contributed by atoms with Gasteiger partial charge >= 0.3 is 0 Å². The van der Waals surface area contributed by atoms with Gasteiger partial charge in [0.25, 0.3) is 0 Å². The summed E-state index contributed by atoms with van der Waals surface area (Å²) < 4.78 is 1.99. The molecule has 0 atom stereocenters. The average molecular weight is 213 g/mol. The van der Waals surface area contributed by atoms with Crippen molar-refractivity contribution in [1.29, 1.82) is 0 Å². The maximum atomic E-state index is 5.55. The first-order valence-corrected chi connectivity index (χ1v) is 4.96. The first-order chi connectivity index (χ1) is 7.74. The molecule has 0 spiro atoms. The SMILES string of the molecule is Cn1cnc2cc(-c3cnc(N)[nH]3)ccc21. The third-order valence-corrected chi connectivity index (χ3v) is 2.63. The molecule has 5 heteroatoms. The van der Waals surface area contributed by atoms with Gasteiger partial charge < -0.3 is 15.3 Å². The van der Waals surface area contributed by atoms with Gasteiger partial charge in [-0.2, -0.15) is 0 Å². The molecule has 2 heterocycles. The molecule has 3 rings (SSSR count). The quantitative estimate of drug-likeness (QED) is 0.644. The lowest BCUT2D eigenvalue weighted by atomic mass is 10.1. The van der Waals surface area contributed by atoms with E-state index >= 15 is 0 Å². The largest absolute Gasteiger partial charge is 0.369 e. The number of rotatable bonds is 1. The number of nitrogen functional groups attached to an aromatic ring is 1. The van der Waals surface area contributed by atoms with Crippen LogP contribution in [0.5, 0.6) is 0 Å². The van der Waals surface area contributed by atoms with Gasteiger partial charge in [0.05, 0.1) is 29.3 Å². The highest BCUT2D eigenvalue weighted by atomic mass is 15.0. The predicted molar refractivity (Wildman–Crippen MR) is 62.7 cm³/mol. The van der Waals surface area contributed by atoms with E-state index in [-0.39, 0.29) is 0 Å². The number of H-pyrrole nitrogens is 1. The minimum absolute atomic E-state index is 0.427. The highest BCUT2D eigenvalue weighted by Gasteiger charge is 2.04. The first kappa shape index (κ1) is 8.96. The summed E-state index contributed by atoms with van der Waals surface area (Å²) in [5.41, 5.74) is 9.56. The van der Waals surface area contributed by atoms with E-state index < -0.39 is 0 Å². The zero-order valence-electron chi connectivity index (χ0n) is 8.81. The molecule has 0 unspecified atom stereocenters. The normalized spacial score (nSPS) is 11.1. The van der Waals surface area contributed by atoms with Crippen LogP contribution in [0.3, 0.4) is 0 Å². The fourth-order valence-electron chi connectivity index (χ4n) is 1.79. The van der Waals surface area contributed by atoms with Crippen LogP contribution in [-0.2, 0) is 7.05 Å². The molecule has 0 bridgehead atoms. The monoisotopic (exact) mass is 213 g/mol. The summed E-state index contributed by atoms with van der Waals surface area (Å²) in [6, 6.07) is 6.08. The number of nitrogens with zero attached hydrogens (tertiary/aromatic N) is 3. The van der Waals surface area contributed by atoms with Crippen LogP contribution < -0.4 is 5.73 Å². The molecule has 0 aliphatic heterocycles. The van der Waals surface area contributed by atoms with Gasteiger partial charge in [0, 0.05) is 12.6 Å². The van der Waals surface area contributed by atoms with Crippen LogP contribution in [0.1, 0.15) is 0 Å². The number of nitrogens with one attached hydrogen (secondary N) is 1. The lowest BCUT2D eigenvalue weighted by Gasteiger charge is -1.98. The summed E-state index contributed by atoms with van der Waals surface area (Å²) in [4.78, 5) is 11.3. The smallest absolute Gasteiger partial charge is 0.197 e. The third-order valence-electron chi connectivity index (χ3n) is 2.63. The molecule has 1 aromatic carbocycles. The van der Waals surface area contributed by atoms with Gasteiger partial charge in [0.1, 0.15) is 0 Å². The van der Waals surface area contributed by atoms with E-state index in [4.69, 9.17) is 5.73 Å². The Balaban J connectivity index is 2.18. The Morgan fingerprint density at radius 2 is 2.19 bits per heavy atom.